The van der Waals surface area contributed by atoms with Crippen LogP contribution < -0.4 is 10.1 Å². The lowest BCUT2D eigenvalue weighted by Gasteiger charge is -2.10. The maximum atomic E-state index is 6.50. The molecule has 2 aromatic carbocycles. The quantitative estimate of drug-likeness (QED) is 0.350. The summed E-state index contributed by atoms with van der Waals surface area (Å²) in [5.41, 5.74) is 4.20. The second-order valence-corrected chi connectivity index (χ2v) is 9.65. The van der Waals surface area contributed by atoms with E-state index in [1.54, 1.807) is 18.4 Å². The average Bonchev–Trinajstić information content (AvgIpc) is 3.52. The SMILES string of the molecule is COc1cc(Cl)c(-c2nc(NCC#C[C@@H](CC3CC3)c3ccccc3)sc2C)cc1C.Cl. The third kappa shape index (κ3) is 5.98. The smallest absolute Gasteiger partial charge is 0.184 e. The molecule has 32 heavy (non-hydrogen) atoms. The molecule has 1 aliphatic rings. The fraction of sp³-hybridized carbons (Fsp3) is 0.346. The summed E-state index contributed by atoms with van der Waals surface area (Å²) in [5, 5.41) is 4.89. The second kappa shape index (κ2) is 11.1. The zero-order chi connectivity index (χ0) is 21.8. The predicted octanol–water partition coefficient (Wildman–Crippen LogP) is 7.51. The highest BCUT2D eigenvalue weighted by Crippen LogP contribution is 2.39. The van der Waals surface area contributed by atoms with Crippen molar-refractivity contribution in [1.82, 2.24) is 4.98 Å². The molecule has 4 rings (SSSR count). The monoisotopic (exact) mass is 486 g/mol. The summed E-state index contributed by atoms with van der Waals surface area (Å²) >= 11 is 8.13. The van der Waals surface area contributed by atoms with Gasteiger partial charge in [-0.2, -0.15) is 0 Å². The molecule has 3 aromatic rings. The number of aromatic nitrogens is 1. The Bertz CT molecular complexity index is 1110. The van der Waals surface area contributed by atoms with Gasteiger partial charge in [-0.15, -0.1) is 23.7 Å². The number of nitrogens with one attached hydrogen (secondary N) is 1. The van der Waals surface area contributed by atoms with Crippen molar-refractivity contribution < 1.29 is 4.74 Å². The van der Waals surface area contributed by atoms with Gasteiger partial charge in [0.05, 0.1) is 24.4 Å². The summed E-state index contributed by atoms with van der Waals surface area (Å²) in [5.74, 6) is 8.76. The van der Waals surface area contributed by atoms with Gasteiger partial charge in [0, 0.05) is 16.4 Å². The van der Waals surface area contributed by atoms with Gasteiger partial charge < -0.3 is 10.1 Å². The van der Waals surface area contributed by atoms with E-state index in [1.165, 1.54) is 18.4 Å². The van der Waals surface area contributed by atoms with Gasteiger partial charge in [0.15, 0.2) is 5.13 Å². The Hall–Kier alpha value is -2.19. The number of hydrogen-bond acceptors (Lipinski definition) is 4. The Morgan fingerprint density at radius 1 is 1.22 bits per heavy atom. The van der Waals surface area contributed by atoms with Gasteiger partial charge in [-0.05, 0) is 49.4 Å². The molecule has 1 heterocycles. The number of anilines is 1. The summed E-state index contributed by atoms with van der Waals surface area (Å²) < 4.78 is 5.37. The molecular weight excluding hydrogens is 459 g/mol. The predicted molar refractivity (Wildman–Crippen MR) is 139 cm³/mol. The summed E-state index contributed by atoms with van der Waals surface area (Å²) in [6, 6.07) is 14.5. The Morgan fingerprint density at radius 2 is 1.97 bits per heavy atom. The lowest BCUT2D eigenvalue weighted by atomic mass is 9.94. The number of aryl methyl sites for hydroxylation is 2. The van der Waals surface area contributed by atoms with Crippen LogP contribution in [0.3, 0.4) is 0 Å². The maximum absolute atomic E-state index is 6.50. The third-order valence-electron chi connectivity index (χ3n) is 5.61. The number of benzene rings is 2. The molecule has 0 radical (unpaired) electrons. The number of methoxy groups -OCH3 is 1. The molecule has 1 aliphatic carbocycles. The van der Waals surface area contributed by atoms with Crippen molar-refractivity contribution in [2.45, 2.75) is 39.0 Å². The highest BCUT2D eigenvalue weighted by Gasteiger charge is 2.25. The molecule has 0 spiro atoms. The first-order valence-electron chi connectivity index (χ1n) is 10.6. The van der Waals surface area contributed by atoms with Crippen LogP contribution in [0.4, 0.5) is 5.13 Å². The van der Waals surface area contributed by atoms with E-state index in [-0.39, 0.29) is 12.4 Å². The molecule has 1 saturated carbocycles. The van der Waals surface area contributed by atoms with E-state index >= 15 is 0 Å². The molecule has 1 fully saturated rings. The molecular formula is C26H28Cl2N2OS. The highest BCUT2D eigenvalue weighted by atomic mass is 35.5. The molecule has 0 bridgehead atoms. The highest BCUT2D eigenvalue weighted by molar-refractivity contribution is 7.16. The van der Waals surface area contributed by atoms with Crippen LogP contribution in [0, 0.1) is 31.6 Å². The van der Waals surface area contributed by atoms with E-state index in [0.717, 1.165) is 44.9 Å². The van der Waals surface area contributed by atoms with Crippen LogP contribution in [0.5, 0.6) is 5.75 Å². The molecule has 0 amide bonds. The van der Waals surface area contributed by atoms with E-state index in [9.17, 15) is 0 Å². The number of halogens is 2. The lowest BCUT2D eigenvalue weighted by Crippen LogP contribution is -2.01. The number of nitrogens with zero attached hydrogens (tertiary/aromatic N) is 1. The largest absolute Gasteiger partial charge is 0.496 e. The standard InChI is InChI=1S/C26H27ClN2OS.ClH/c1-17-14-22(23(27)16-24(17)30-3)25-18(2)31-26(29-25)28-13-7-10-21(15-19-11-12-19)20-8-5-4-6-9-20;/h4-6,8-9,14,16,19,21H,11-13,15H2,1-3H3,(H,28,29);1H/t21-;/m0./s1. The van der Waals surface area contributed by atoms with Gasteiger partial charge >= 0.3 is 0 Å². The Morgan fingerprint density at radius 3 is 2.66 bits per heavy atom. The van der Waals surface area contributed by atoms with E-state index in [1.807, 2.05) is 19.1 Å². The van der Waals surface area contributed by atoms with E-state index in [2.05, 4.69) is 54.4 Å². The Balaban J connectivity index is 0.00000289. The first-order valence-corrected chi connectivity index (χ1v) is 11.8. The van der Waals surface area contributed by atoms with E-state index < -0.39 is 0 Å². The van der Waals surface area contributed by atoms with Crippen molar-refractivity contribution in [3.05, 3.63) is 63.5 Å². The van der Waals surface area contributed by atoms with Crippen LogP contribution in [-0.2, 0) is 0 Å². The molecule has 3 nitrogen and oxygen atoms in total. The van der Waals surface area contributed by atoms with Gasteiger partial charge in [-0.25, -0.2) is 4.98 Å². The van der Waals surface area contributed by atoms with Crippen LogP contribution in [0.15, 0.2) is 42.5 Å². The molecule has 0 aliphatic heterocycles. The van der Waals surface area contributed by atoms with Crippen LogP contribution in [0.1, 0.15) is 41.2 Å². The van der Waals surface area contributed by atoms with Crippen molar-refractivity contribution in [3.63, 3.8) is 0 Å². The average molecular weight is 487 g/mol. The zero-order valence-electron chi connectivity index (χ0n) is 18.6. The molecule has 168 valence electrons. The number of rotatable bonds is 7. The van der Waals surface area contributed by atoms with Gasteiger partial charge in [-0.3, -0.25) is 0 Å². The summed E-state index contributed by atoms with van der Waals surface area (Å²) in [7, 11) is 1.66. The number of hydrogen-bond donors (Lipinski definition) is 1. The minimum atomic E-state index is 0. The van der Waals surface area contributed by atoms with Gasteiger partial charge in [0.25, 0.3) is 0 Å². The minimum Gasteiger partial charge on any atom is -0.496 e. The van der Waals surface area contributed by atoms with Crippen molar-refractivity contribution >= 4 is 40.5 Å². The second-order valence-electron chi connectivity index (χ2n) is 8.04. The Kier molecular flexibility index (Phi) is 8.48. The fourth-order valence-corrected chi connectivity index (χ4v) is 4.80. The van der Waals surface area contributed by atoms with Crippen molar-refractivity contribution in [3.8, 4) is 28.8 Å². The van der Waals surface area contributed by atoms with E-state index in [0.29, 0.717) is 17.5 Å². The summed E-state index contributed by atoms with van der Waals surface area (Å²) in [6.07, 6.45) is 3.85. The summed E-state index contributed by atoms with van der Waals surface area (Å²) in [4.78, 5) is 5.91. The zero-order valence-corrected chi connectivity index (χ0v) is 21.0. The van der Waals surface area contributed by atoms with Gasteiger partial charge in [0.2, 0.25) is 0 Å². The summed E-state index contributed by atoms with van der Waals surface area (Å²) in [6.45, 7) is 4.66. The normalized spacial score (nSPS) is 13.5. The Labute approximate surface area is 206 Å². The van der Waals surface area contributed by atoms with Gasteiger partial charge in [0.1, 0.15) is 5.75 Å². The molecule has 1 atom stereocenters. The van der Waals surface area contributed by atoms with E-state index in [4.69, 9.17) is 21.3 Å². The number of thiazole rings is 1. The van der Waals surface area contributed by atoms with Crippen molar-refractivity contribution in [1.29, 1.82) is 0 Å². The molecule has 0 saturated heterocycles. The maximum Gasteiger partial charge on any atom is 0.184 e. The van der Waals surface area contributed by atoms with Crippen LogP contribution in [0.2, 0.25) is 5.02 Å². The minimum absolute atomic E-state index is 0. The fourth-order valence-electron chi connectivity index (χ4n) is 3.73. The molecule has 1 aromatic heterocycles. The van der Waals surface area contributed by atoms with Crippen LogP contribution in [0.25, 0.3) is 11.3 Å². The van der Waals surface area contributed by atoms with Gasteiger partial charge in [-0.1, -0.05) is 66.6 Å². The third-order valence-corrected chi connectivity index (χ3v) is 6.85. The van der Waals surface area contributed by atoms with Crippen LogP contribution in [-0.4, -0.2) is 18.6 Å². The first kappa shape index (κ1) is 24.5. The molecule has 0 unspecified atom stereocenters. The van der Waals surface area contributed by atoms with Crippen molar-refractivity contribution in [2.24, 2.45) is 5.92 Å². The lowest BCUT2D eigenvalue weighted by molar-refractivity contribution is 0.412. The topological polar surface area (TPSA) is 34.1 Å². The first-order chi connectivity index (χ1) is 15.0. The molecule has 6 heteroatoms. The van der Waals surface area contributed by atoms with Crippen LogP contribution >= 0.6 is 35.3 Å². The number of ether oxygens (including phenoxy) is 1. The van der Waals surface area contributed by atoms with Crippen molar-refractivity contribution in [2.75, 3.05) is 19.0 Å². The molecule has 1 N–H and O–H groups in total.